The molecule has 2 aromatic rings. The summed E-state index contributed by atoms with van der Waals surface area (Å²) in [5.74, 6) is 0.673. The van der Waals surface area contributed by atoms with Gasteiger partial charge in [0.25, 0.3) is 5.91 Å². The number of carbonyl (C=O) groups excluding carboxylic acids is 2. The standard InChI is InChI=1S/C21H25N3O3S/c1-27-17-8-4-6-15(12-17)23-20(25)14-28-19-10-3-2-9-18(19)21(26)24-16-7-5-11-22-13-16/h2-4,6,8-10,12,16,22H,5,7,11,13-14H2,1H3,(H,23,25)(H,24,26). The van der Waals surface area contributed by atoms with Crippen LogP contribution in [0.4, 0.5) is 5.69 Å². The fourth-order valence-corrected chi connectivity index (χ4v) is 3.91. The van der Waals surface area contributed by atoms with Crippen LogP contribution >= 0.6 is 11.8 Å². The minimum atomic E-state index is -0.134. The number of benzene rings is 2. The number of methoxy groups -OCH3 is 1. The Bertz CT molecular complexity index is 822. The van der Waals surface area contributed by atoms with Crippen molar-refractivity contribution in [3.05, 3.63) is 54.1 Å². The van der Waals surface area contributed by atoms with Crippen LogP contribution in [0.25, 0.3) is 0 Å². The molecule has 0 aliphatic carbocycles. The van der Waals surface area contributed by atoms with E-state index < -0.39 is 0 Å². The van der Waals surface area contributed by atoms with Crippen LogP contribution in [0.3, 0.4) is 0 Å². The summed E-state index contributed by atoms with van der Waals surface area (Å²) in [5, 5.41) is 9.24. The second-order valence-electron chi connectivity index (χ2n) is 6.58. The number of nitrogens with one attached hydrogen (secondary N) is 3. The van der Waals surface area contributed by atoms with Gasteiger partial charge >= 0.3 is 0 Å². The Labute approximate surface area is 169 Å². The molecule has 7 heteroatoms. The zero-order chi connectivity index (χ0) is 19.8. The third-order valence-corrected chi connectivity index (χ3v) is 5.55. The van der Waals surface area contributed by atoms with E-state index >= 15 is 0 Å². The average Bonchev–Trinajstić information content (AvgIpc) is 2.73. The predicted octanol–water partition coefficient (Wildman–Crippen LogP) is 2.91. The predicted molar refractivity (Wildman–Crippen MR) is 112 cm³/mol. The summed E-state index contributed by atoms with van der Waals surface area (Å²) >= 11 is 1.35. The third kappa shape index (κ3) is 5.74. The van der Waals surface area contributed by atoms with Crippen molar-refractivity contribution in [2.24, 2.45) is 0 Å². The zero-order valence-corrected chi connectivity index (χ0v) is 16.7. The quantitative estimate of drug-likeness (QED) is 0.624. The molecular formula is C21H25N3O3S. The minimum absolute atomic E-state index is 0.0926. The Morgan fingerprint density at radius 3 is 2.86 bits per heavy atom. The zero-order valence-electron chi connectivity index (χ0n) is 15.9. The van der Waals surface area contributed by atoms with Gasteiger partial charge < -0.3 is 20.7 Å². The molecule has 1 aliphatic heterocycles. The molecule has 1 fully saturated rings. The Kier molecular flexibility index (Phi) is 7.33. The number of hydrogen-bond donors (Lipinski definition) is 3. The molecule has 28 heavy (non-hydrogen) atoms. The maximum Gasteiger partial charge on any atom is 0.252 e. The van der Waals surface area contributed by atoms with E-state index in [1.54, 1.807) is 19.2 Å². The summed E-state index contributed by atoms with van der Waals surface area (Å²) in [4.78, 5) is 25.8. The van der Waals surface area contributed by atoms with Gasteiger partial charge in [-0.2, -0.15) is 0 Å². The van der Waals surface area contributed by atoms with Crippen LogP contribution in [0.5, 0.6) is 5.75 Å². The number of thioether (sulfide) groups is 1. The van der Waals surface area contributed by atoms with Gasteiger partial charge in [-0.25, -0.2) is 0 Å². The van der Waals surface area contributed by atoms with Crippen LogP contribution in [0, 0.1) is 0 Å². The lowest BCUT2D eigenvalue weighted by Gasteiger charge is -2.24. The largest absolute Gasteiger partial charge is 0.497 e. The lowest BCUT2D eigenvalue weighted by Crippen LogP contribution is -2.45. The van der Waals surface area contributed by atoms with Gasteiger partial charge in [0.15, 0.2) is 0 Å². The van der Waals surface area contributed by atoms with E-state index in [0.717, 1.165) is 30.8 Å². The number of carbonyl (C=O) groups is 2. The van der Waals surface area contributed by atoms with E-state index in [1.807, 2.05) is 36.4 Å². The molecule has 1 saturated heterocycles. The van der Waals surface area contributed by atoms with E-state index in [0.29, 0.717) is 17.0 Å². The lowest BCUT2D eigenvalue weighted by atomic mass is 10.1. The van der Waals surface area contributed by atoms with E-state index in [9.17, 15) is 9.59 Å². The molecule has 0 radical (unpaired) electrons. The molecule has 0 saturated carbocycles. The highest BCUT2D eigenvalue weighted by molar-refractivity contribution is 8.00. The van der Waals surface area contributed by atoms with Gasteiger partial charge in [0.05, 0.1) is 18.4 Å². The Morgan fingerprint density at radius 1 is 1.21 bits per heavy atom. The molecular weight excluding hydrogens is 374 g/mol. The van der Waals surface area contributed by atoms with Crippen molar-refractivity contribution in [1.82, 2.24) is 10.6 Å². The van der Waals surface area contributed by atoms with Gasteiger partial charge in [-0.15, -0.1) is 11.8 Å². The van der Waals surface area contributed by atoms with Crippen molar-refractivity contribution in [2.75, 3.05) is 31.3 Å². The number of ether oxygens (including phenoxy) is 1. The fraction of sp³-hybridized carbons (Fsp3) is 0.333. The maximum atomic E-state index is 12.7. The molecule has 1 heterocycles. The SMILES string of the molecule is COc1cccc(NC(=O)CSc2ccccc2C(=O)NC2CCCNC2)c1. The first-order valence-electron chi connectivity index (χ1n) is 9.33. The molecule has 1 unspecified atom stereocenters. The Hall–Kier alpha value is -2.51. The van der Waals surface area contributed by atoms with Crippen LogP contribution in [0.15, 0.2) is 53.4 Å². The molecule has 2 amide bonds. The molecule has 0 aromatic heterocycles. The first-order valence-corrected chi connectivity index (χ1v) is 10.3. The normalized spacial score (nSPS) is 16.2. The van der Waals surface area contributed by atoms with Gasteiger partial charge in [-0.3, -0.25) is 9.59 Å². The first kappa shape index (κ1) is 20.2. The highest BCUT2D eigenvalue weighted by atomic mass is 32.2. The fourth-order valence-electron chi connectivity index (χ4n) is 3.06. The van der Waals surface area contributed by atoms with E-state index in [-0.39, 0.29) is 23.6 Å². The Balaban J connectivity index is 1.58. The molecule has 1 aliphatic rings. The van der Waals surface area contributed by atoms with Crippen LogP contribution in [0.2, 0.25) is 0 Å². The van der Waals surface area contributed by atoms with Gasteiger partial charge in [-0.1, -0.05) is 18.2 Å². The molecule has 3 N–H and O–H groups in total. The molecule has 148 valence electrons. The molecule has 6 nitrogen and oxygen atoms in total. The number of rotatable bonds is 7. The topological polar surface area (TPSA) is 79.5 Å². The monoisotopic (exact) mass is 399 g/mol. The van der Waals surface area contributed by atoms with Crippen molar-refractivity contribution in [2.45, 2.75) is 23.8 Å². The van der Waals surface area contributed by atoms with Gasteiger partial charge in [-0.05, 0) is 43.7 Å². The molecule has 0 bridgehead atoms. The van der Waals surface area contributed by atoms with Crippen molar-refractivity contribution in [1.29, 1.82) is 0 Å². The van der Waals surface area contributed by atoms with Crippen molar-refractivity contribution in [3.8, 4) is 5.75 Å². The molecule has 1 atom stereocenters. The number of hydrogen-bond acceptors (Lipinski definition) is 5. The summed E-state index contributed by atoms with van der Waals surface area (Å²) < 4.78 is 5.16. The van der Waals surface area contributed by atoms with Crippen LogP contribution in [-0.4, -0.2) is 43.8 Å². The third-order valence-electron chi connectivity index (χ3n) is 4.48. The van der Waals surface area contributed by atoms with Crippen LogP contribution in [0.1, 0.15) is 23.2 Å². The summed E-state index contributed by atoms with van der Waals surface area (Å²) in [6.45, 7) is 1.80. The average molecular weight is 400 g/mol. The summed E-state index contributed by atoms with van der Waals surface area (Å²) in [5.41, 5.74) is 1.29. The first-order chi connectivity index (χ1) is 13.7. The van der Waals surface area contributed by atoms with Crippen LogP contribution in [-0.2, 0) is 4.79 Å². The smallest absolute Gasteiger partial charge is 0.252 e. The van der Waals surface area contributed by atoms with E-state index in [1.165, 1.54) is 11.8 Å². The summed E-state index contributed by atoms with van der Waals surface area (Å²) in [6, 6.07) is 14.8. The van der Waals surface area contributed by atoms with Gasteiger partial charge in [0.2, 0.25) is 5.91 Å². The van der Waals surface area contributed by atoms with Crippen LogP contribution < -0.4 is 20.7 Å². The van der Waals surface area contributed by atoms with Gasteiger partial charge in [0.1, 0.15) is 5.75 Å². The minimum Gasteiger partial charge on any atom is -0.497 e. The second kappa shape index (κ2) is 10.1. The Morgan fingerprint density at radius 2 is 2.07 bits per heavy atom. The highest BCUT2D eigenvalue weighted by Gasteiger charge is 2.18. The molecule has 0 spiro atoms. The van der Waals surface area contributed by atoms with Crippen molar-refractivity contribution >= 4 is 29.3 Å². The van der Waals surface area contributed by atoms with Crippen molar-refractivity contribution < 1.29 is 14.3 Å². The highest BCUT2D eigenvalue weighted by Crippen LogP contribution is 2.24. The van der Waals surface area contributed by atoms with Crippen molar-refractivity contribution in [3.63, 3.8) is 0 Å². The molecule has 2 aromatic carbocycles. The van der Waals surface area contributed by atoms with E-state index in [2.05, 4.69) is 16.0 Å². The van der Waals surface area contributed by atoms with E-state index in [4.69, 9.17) is 4.74 Å². The number of anilines is 1. The number of amides is 2. The maximum absolute atomic E-state index is 12.7. The summed E-state index contributed by atoms with van der Waals surface area (Å²) in [7, 11) is 1.59. The lowest BCUT2D eigenvalue weighted by molar-refractivity contribution is -0.113. The summed E-state index contributed by atoms with van der Waals surface area (Å²) in [6.07, 6.45) is 2.04. The van der Waals surface area contributed by atoms with Gasteiger partial charge in [0, 0.05) is 29.2 Å². The number of piperidine rings is 1. The molecule has 3 rings (SSSR count). The second-order valence-corrected chi connectivity index (χ2v) is 7.60.